The van der Waals surface area contributed by atoms with Crippen LogP contribution in [0.25, 0.3) is 0 Å². The first kappa shape index (κ1) is 16.7. The van der Waals surface area contributed by atoms with Gasteiger partial charge in [0.05, 0.1) is 0 Å². The van der Waals surface area contributed by atoms with Crippen molar-refractivity contribution >= 4 is 33.0 Å². The van der Waals surface area contributed by atoms with Crippen LogP contribution in [-0.4, -0.2) is 27.7 Å². The van der Waals surface area contributed by atoms with Gasteiger partial charge in [0.1, 0.15) is 4.21 Å². The van der Waals surface area contributed by atoms with Gasteiger partial charge in [0.25, 0.3) is 0 Å². The zero-order chi connectivity index (χ0) is 17.2. The van der Waals surface area contributed by atoms with Gasteiger partial charge in [0.15, 0.2) is 11.5 Å². The van der Waals surface area contributed by atoms with Crippen LogP contribution < -0.4 is 19.5 Å². The minimum atomic E-state index is -3.56. The number of fused-ring (bicyclic) bond motifs is 1. The van der Waals surface area contributed by atoms with E-state index in [0.717, 1.165) is 4.88 Å². The number of aryl methyl sites for hydroxylation is 1. The smallest absolute Gasteiger partial charge is 0.250 e. The van der Waals surface area contributed by atoms with E-state index >= 15 is 0 Å². The Kier molecular flexibility index (Phi) is 4.74. The number of amides is 1. The lowest BCUT2D eigenvalue weighted by atomic mass is 10.2. The quantitative estimate of drug-likeness (QED) is 0.814. The molecule has 1 amide bonds. The van der Waals surface area contributed by atoms with Crippen LogP contribution in [0.4, 0.5) is 5.69 Å². The molecule has 0 fully saturated rings. The number of hydrogen-bond acceptors (Lipinski definition) is 6. The molecule has 2 heterocycles. The molecule has 2 N–H and O–H groups in total. The number of rotatable bonds is 6. The molecule has 2 aromatic rings. The Morgan fingerprint density at radius 3 is 2.75 bits per heavy atom. The first-order chi connectivity index (χ1) is 11.4. The molecule has 1 aromatic heterocycles. The molecule has 24 heavy (non-hydrogen) atoms. The number of ether oxygens (including phenoxy) is 2. The molecule has 9 heteroatoms. The van der Waals surface area contributed by atoms with E-state index in [1.54, 1.807) is 30.3 Å². The second-order valence-electron chi connectivity index (χ2n) is 5.13. The number of carbonyl (C=O) groups excluding carboxylic acids is 1. The summed E-state index contributed by atoms with van der Waals surface area (Å²) < 4.78 is 37.2. The molecule has 0 unspecified atom stereocenters. The number of carbonyl (C=O) groups is 1. The average Bonchev–Trinajstić information content (AvgIpc) is 3.15. The first-order valence-electron chi connectivity index (χ1n) is 7.20. The van der Waals surface area contributed by atoms with Crippen LogP contribution in [-0.2, 0) is 14.8 Å². The third-order valence-corrected chi connectivity index (χ3v) is 6.23. The molecule has 0 saturated heterocycles. The average molecular weight is 368 g/mol. The number of hydrogen-bond donors (Lipinski definition) is 2. The second-order valence-corrected chi connectivity index (χ2v) is 8.41. The minimum Gasteiger partial charge on any atom is -0.454 e. The van der Waals surface area contributed by atoms with Gasteiger partial charge in [-0.2, -0.15) is 0 Å². The molecule has 0 bridgehead atoms. The van der Waals surface area contributed by atoms with Crippen molar-refractivity contribution in [3.05, 3.63) is 35.2 Å². The van der Waals surface area contributed by atoms with Crippen molar-refractivity contribution in [1.29, 1.82) is 0 Å². The fourth-order valence-corrected chi connectivity index (χ4v) is 4.48. The fourth-order valence-electron chi connectivity index (χ4n) is 2.12. The normalized spacial score (nSPS) is 13.0. The molecule has 0 spiro atoms. The predicted octanol–water partition coefficient (Wildman–Crippen LogP) is 2.09. The molecule has 0 saturated carbocycles. The molecule has 3 rings (SSSR count). The first-order valence-corrected chi connectivity index (χ1v) is 9.50. The Hall–Kier alpha value is -2.10. The van der Waals surface area contributed by atoms with Crippen molar-refractivity contribution in [2.45, 2.75) is 17.6 Å². The van der Waals surface area contributed by atoms with Crippen LogP contribution in [0.2, 0.25) is 0 Å². The molecule has 0 atom stereocenters. The third kappa shape index (κ3) is 3.86. The van der Waals surface area contributed by atoms with Gasteiger partial charge in [-0.1, -0.05) is 0 Å². The molecular formula is C15H16N2O5S2. The van der Waals surface area contributed by atoms with Crippen molar-refractivity contribution in [3.63, 3.8) is 0 Å². The Morgan fingerprint density at radius 1 is 1.21 bits per heavy atom. The largest absolute Gasteiger partial charge is 0.454 e. The maximum Gasteiger partial charge on any atom is 0.250 e. The van der Waals surface area contributed by atoms with E-state index in [4.69, 9.17) is 9.47 Å². The van der Waals surface area contributed by atoms with Crippen LogP contribution in [0, 0.1) is 6.92 Å². The Bertz CT molecular complexity index is 860. The van der Waals surface area contributed by atoms with Gasteiger partial charge in [-0.15, -0.1) is 11.3 Å². The van der Waals surface area contributed by atoms with Gasteiger partial charge in [-0.3, -0.25) is 4.79 Å². The van der Waals surface area contributed by atoms with E-state index in [1.165, 1.54) is 11.3 Å². The highest BCUT2D eigenvalue weighted by molar-refractivity contribution is 7.91. The van der Waals surface area contributed by atoms with Crippen molar-refractivity contribution in [1.82, 2.24) is 4.72 Å². The number of nitrogens with one attached hydrogen (secondary N) is 2. The lowest BCUT2D eigenvalue weighted by molar-refractivity contribution is -0.116. The minimum absolute atomic E-state index is 0.0235. The summed E-state index contributed by atoms with van der Waals surface area (Å²) in [6.45, 7) is 2.02. The van der Waals surface area contributed by atoms with Crippen LogP contribution in [0.1, 0.15) is 11.3 Å². The van der Waals surface area contributed by atoms with Crippen molar-refractivity contribution in [2.75, 3.05) is 18.7 Å². The summed E-state index contributed by atoms with van der Waals surface area (Å²) in [6, 6.07) is 8.36. The molecule has 7 nitrogen and oxygen atoms in total. The lowest BCUT2D eigenvalue weighted by Gasteiger charge is -2.07. The molecule has 1 aliphatic rings. The number of anilines is 1. The summed E-state index contributed by atoms with van der Waals surface area (Å²) in [7, 11) is -3.56. The molecule has 1 aliphatic heterocycles. The SMILES string of the molecule is Cc1ccc(S(=O)(=O)NCCC(=O)Nc2ccc3c(c2)OCO3)s1. The van der Waals surface area contributed by atoms with Crippen LogP contribution in [0.15, 0.2) is 34.5 Å². The summed E-state index contributed by atoms with van der Waals surface area (Å²) >= 11 is 1.19. The van der Waals surface area contributed by atoms with E-state index in [0.29, 0.717) is 17.2 Å². The van der Waals surface area contributed by atoms with Crippen molar-refractivity contribution < 1.29 is 22.7 Å². The summed E-state index contributed by atoms with van der Waals surface area (Å²) in [5.74, 6) is 0.910. The molecule has 128 valence electrons. The highest BCUT2D eigenvalue weighted by atomic mass is 32.2. The van der Waals surface area contributed by atoms with Gasteiger partial charge < -0.3 is 14.8 Å². The van der Waals surface area contributed by atoms with Gasteiger partial charge in [0, 0.05) is 29.6 Å². The Labute approximate surface area is 143 Å². The molecule has 1 aromatic carbocycles. The Balaban J connectivity index is 1.51. The summed E-state index contributed by atoms with van der Waals surface area (Å²) in [5, 5.41) is 2.70. The van der Waals surface area contributed by atoms with Gasteiger partial charge in [-0.25, -0.2) is 13.1 Å². The zero-order valence-corrected chi connectivity index (χ0v) is 14.5. The monoisotopic (exact) mass is 368 g/mol. The van der Waals surface area contributed by atoms with Gasteiger partial charge in [-0.05, 0) is 31.2 Å². The zero-order valence-electron chi connectivity index (χ0n) is 12.9. The van der Waals surface area contributed by atoms with Crippen LogP contribution in [0.5, 0.6) is 11.5 Å². The maximum atomic E-state index is 12.1. The summed E-state index contributed by atoms with van der Waals surface area (Å²) in [4.78, 5) is 12.8. The van der Waals surface area contributed by atoms with E-state index in [2.05, 4.69) is 10.0 Å². The van der Waals surface area contributed by atoms with E-state index in [1.807, 2.05) is 6.92 Å². The highest BCUT2D eigenvalue weighted by Crippen LogP contribution is 2.34. The van der Waals surface area contributed by atoms with Crippen molar-refractivity contribution in [3.8, 4) is 11.5 Å². The molecule has 0 radical (unpaired) electrons. The lowest BCUT2D eigenvalue weighted by Crippen LogP contribution is -2.27. The highest BCUT2D eigenvalue weighted by Gasteiger charge is 2.17. The third-order valence-electron chi connectivity index (χ3n) is 3.28. The fraction of sp³-hybridized carbons (Fsp3) is 0.267. The van der Waals surface area contributed by atoms with Gasteiger partial charge >= 0.3 is 0 Å². The molecular weight excluding hydrogens is 352 g/mol. The second kappa shape index (κ2) is 6.80. The van der Waals surface area contributed by atoms with E-state index < -0.39 is 10.0 Å². The van der Waals surface area contributed by atoms with E-state index in [-0.39, 0.29) is 29.9 Å². The van der Waals surface area contributed by atoms with Crippen molar-refractivity contribution in [2.24, 2.45) is 0 Å². The number of sulfonamides is 1. The summed E-state index contributed by atoms with van der Waals surface area (Å²) in [6.07, 6.45) is 0.0258. The van der Waals surface area contributed by atoms with E-state index in [9.17, 15) is 13.2 Å². The van der Waals surface area contributed by atoms with Crippen LogP contribution in [0.3, 0.4) is 0 Å². The topological polar surface area (TPSA) is 93.7 Å². The standard InChI is InChI=1S/C15H16N2O5S2/c1-10-2-5-15(23-10)24(19,20)16-7-6-14(18)17-11-3-4-12-13(8-11)22-9-21-12/h2-5,8,16H,6-7,9H2,1H3,(H,17,18). The predicted molar refractivity (Wildman–Crippen MR) is 90.1 cm³/mol. The maximum absolute atomic E-state index is 12.1. The summed E-state index contributed by atoms with van der Waals surface area (Å²) in [5.41, 5.74) is 0.570. The Morgan fingerprint density at radius 2 is 2.00 bits per heavy atom. The number of benzene rings is 1. The van der Waals surface area contributed by atoms with Crippen LogP contribution >= 0.6 is 11.3 Å². The van der Waals surface area contributed by atoms with Gasteiger partial charge in [0.2, 0.25) is 22.7 Å². The number of thiophene rings is 1. The molecule has 0 aliphatic carbocycles.